The summed E-state index contributed by atoms with van der Waals surface area (Å²) in [5.41, 5.74) is 0. The van der Waals surface area contributed by atoms with E-state index in [1.807, 2.05) is 6.08 Å². The molecule has 0 spiro atoms. The van der Waals surface area contributed by atoms with E-state index >= 15 is 0 Å². The zero-order valence-corrected chi connectivity index (χ0v) is 19.7. The molecule has 30 heavy (non-hydrogen) atoms. The van der Waals surface area contributed by atoms with E-state index in [0.717, 1.165) is 12.8 Å². The van der Waals surface area contributed by atoms with Gasteiger partial charge in [0, 0.05) is 6.92 Å². The summed E-state index contributed by atoms with van der Waals surface area (Å²) in [5, 5.41) is 0. The molecular weight excluding hydrogens is 372 g/mol. The minimum absolute atomic E-state index is 0.0504. The molecule has 0 radical (unpaired) electrons. The normalized spacial score (nSPS) is 11.8. The van der Waals surface area contributed by atoms with Crippen molar-refractivity contribution in [2.24, 2.45) is 0 Å². The Balaban J connectivity index is 3.28. The predicted molar refractivity (Wildman–Crippen MR) is 129 cm³/mol. The van der Waals surface area contributed by atoms with Gasteiger partial charge in [0.05, 0.1) is 0 Å². The Morgan fingerprint density at radius 3 is 1.53 bits per heavy atom. The smallest absolute Gasteiger partial charge is 0.302 e. The van der Waals surface area contributed by atoms with Crippen LogP contribution in [0.2, 0.25) is 0 Å². The number of carbonyl (C=O) groups is 2. The zero-order chi connectivity index (χ0) is 22.1. The van der Waals surface area contributed by atoms with E-state index in [2.05, 4.69) is 19.1 Å². The minimum atomic E-state index is -0.334. The van der Waals surface area contributed by atoms with Crippen LogP contribution in [0.4, 0.5) is 0 Å². The van der Waals surface area contributed by atoms with Gasteiger partial charge in [0.2, 0.25) is 0 Å². The highest BCUT2D eigenvalue weighted by molar-refractivity contribution is 5.99. The molecule has 0 aromatic heterocycles. The number of ether oxygens (including phenoxy) is 1. The molecule has 0 aliphatic carbocycles. The molecule has 0 saturated heterocycles. The number of hydrogen-bond donors (Lipinski definition) is 0. The Morgan fingerprint density at radius 2 is 1.03 bits per heavy atom. The first-order valence-corrected chi connectivity index (χ1v) is 12.3. The van der Waals surface area contributed by atoms with Crippen molar-refractivity contribution in [1.29, 1.82) is 0 Å². The van der Waals surface area contributed by atoms with Gasteiger partial charge in [0.25, 0.3) is 0 Å². The fourth-order valence-electron chi connectivity index (χ4n) is 3.26. The largest absolute Gasteiger partial charge is 0.462 e. The molecule has 0 N–H and O–H groups in total. The second-order valence-electron chi connectivity index (χ2n) is 8.09. The third-order valence-electron chi connectivity index (χ3n) is 5.08. The van der Waals surface area contributed by atoms with Crippen LogP contribution < -0.4 is 0 Å². The van der Waals surface area contributed by atoms with Gasteiger partial charge in [0.15, 0.2) is 5.78 Å². The standard InChI is InChI=1S/C27H46O3/c1-3-4-5-6-7-8-9-10-11-12-13-14-15-16-17-18-19-20-21-23-27(29)24-22-25-30-26(2)28/h6-7,21-24H,3-5,8-20,25H2,1-2H3. The third-order valence-corrected chi connectivity index (χ3v) is 5.08. The van der Waals surface area contributed by atoms with Crippen LogP contribution in [0.25, 0.3) is 0 Å². The Hall–Kier alpha value is -1.64. The first-order valence-electron chi connectivity index (χ1n) is 12.3. The zero-order valence-electron chi connectivity index (χ0n) is 19.7. The van der Waals surface area contributed by atoms with Crippen molar-refractivity contribution in [3.05, 3.63) is 36.5 Å². The summed E-state index contributed by atoms with van der Waals surface area (Å²) < 4.78 is 4.73. The van der Waals surface area contributed by atoms with Crippen molar-refractivity contribution < 1.29 is 14.3 Å². The van der Waals surface area contributed by atoms with Crippen LogP contribution >= 0.6 is 0 Å². The van der Waals surface area contributed by atoms with Gasteiger partial charge in [-0.1, -0.05) is 95.8 Å². The van der Waals surface area contributed by atoms with Crippen molar-refractivity contribution in [2.75, 3.05) is 6.61 Å². The average molecular weight is 419 g/mol. The van der Waals surface area contributed by atoms with E-state index in [0.29, 0.717) is 0 Å². The van der Waals surface area contributed by atoms with Crippen LogP contribution in [0.1, 0.15) is 117 Å². The predicted octanol–water partition coefficient (Wildman–Crippen LogP) is 8.05. The lowest BCUT2D eigenvalue weighted by molar-refractivity contribution is -0.139. The fourth-order valence-corrected chi connectivity index (χ4v) is 3.26. The molecule has 0 bridgehead atoms. The lowest BCUT2D eigenvalue weighted by Gasteiger charge is -2.02. The number of hydrogen-bond acceptors (Lipinski definition) is 3. The summed E-state index contributed by atoms with van der Waals surface area (Å²) in [7, 11) is 0. The van der Waals surface area contributed by atoms with Crippen molar-refractivity contribution in [3.8, 4) is 0 Å². The highest BCUT2D eigenvalue weighted by Gasteiger charge is 1.94. The topological polar surface area (TPSA) is 43.4 Å². The van der Waals surface area contributed by atoms with Gasteiger partial charge in [-0.3, -0.25) is 9.59 Å². The molecular formula is C27H46O3. The lowest BCUT2D eigenvalue weighted by atomic mass is 10.0. The maximum atomic E-state index is 11.6. The minimum Gasteiger partial charge on any atom is -0.462 e. The Kier molecular flexibility index (Phi) is 22.3. The Labute approximate surface area is 186 Å². The molecule has 0 aromatic carbocycles. The van der Waals surface area contributed by atoms with Gasteiger partial charge < -0.3 is 4.74 Å². The lowest BCUT2D eigenvalue weighted by Crippen LogP contribution is -1.98. The van der Waals surface area contributed by atoms with Crippen LogP contribution in [0, 0.1) is 0 Å². The quantitative estimate of drug-likeness (QED) is 0.0819. The second-order valence-corrected chi connectivity index (χ2v) is 8.09. The molecule has 0 fully saturated rings. The van der Waals surface area contributed by atoms with Gasteiger partial charge in [0.1, 0.15) is 6.61 Å². The molecule has 3 nitrogen and oxygen atoms in total. The molecule has 3 heteroatoms. The van der Waals surface area contributed by atoms with E-state index < -0.39 is 0 Å². The van der Waals surface area contributed by atoms with Gasteiger partial charge in [-0.2, -0.15) is 0 Å². The molecule has 0 aromatic rings. The summed E-state index contributed by atoms with van der Waals surface area (Å²) in [5.74, 6) is -0.384. The van der Waals surface area contributed by atoms with Crippen molar-refractivity contribution in [2.45, 2.75) is 117 Å². The molecule has 0 amide bonds. The van der Waals surface area contributed by atoms with Gasteiger partial charge >= 0.3 is 5.97 Å². The molecule has 0 aliphatic rings. The molecule has 0 atom stereocenters. The Bertz CT molecular complexity index is 488. The molecule has 0 unspecified atom stereocenters. The van der Waals surface area contributed by atoms with E-state index in [4.69, 9.17) is 4.74 Å². The molecule has 0 saturated carbocycles. The van der Waals surface area contributed by atoms with Gasteiger partial charge in [-0.25, -0.2) is 0 Å². The number of unbranched alkanes of at least 4 members (excludes halogenated alkanes) is 14. The number of allylic oxidation sites excluding steroid dienone is 5. The summed E-state index contributed by atoms with van der Waals surface area (Å²) >= 11 is 0. The summed E-state index contributed by atoms with van der Waals surface area (Å²) in [6.07, 6.45) is 32.1. The molecule has 172 valence electrons. The SMILES string of the molecule is CCCCC=CCCCCCCCCCCCCCC=CC(=O)C=CCOC(C)=O. The van der Waals surface area contributed by atoms with Crippen LogP contribution in [0.15, 0.2) is 36.5 Å². The highest BCUT2D eigenvalue weighted by atomic mass is 16.5. The summed E-state index contributed by atoms with van der Waals surface area (Å²) in [6, 6.07) is 0. The average Bonchev–Trinajstić information content (AvgIpc) is 2.72. The maximum Gasteiger partial charge on any atom is 0.302 e. The van der Waals surface area contributed by atoms with Gasteiger partial charge in [-0.15, -0.1) is 0 Å². The first-order chi connectivity index (χ1) is 14.7. The van der Waals surface area contributed by atoms with Crippen molar-refractivity contribution >= 4 is 11.8 Å². The van der Waals surface area contributed by atoms with Crippen molar-refractivity contribution in [1.82, 2.24) is 0 Å². The van der Waals surface area contributed by atoms with Gasteiger partial charge in [-0.05, 0) is 50.3 Å². The number of ketones is 1. The van der Waals surface area contributed by atoms with Crippen LogP contribution in [-0.4, -0.2) is 18.4 Å². The second kappa shape index (κ2) is 23.6. The first kappa shape index (κ1) is 28.4. The molecule has 0 rings (SSSR count). The molecule has 0 heterocycles. The van der Waals surface area contributed by atoms with Crippen LogP contribution in [-0.2, 0) is 14.3 Å². The monoisotopic (exact) mass is 418 g/mol. The third kappa shape index (κ3) is 24.4. The van der Waals surface area contributed by atoms with E-state index in [1.165, 1.54) is 103 Å². The number of esters is 1. The summed E-state index contributed by atoms with van der Waals surface area (Å²) in [4.78, 5) is 22.1. The van der Waals surface area contributed by atoms with E-state index in [-0.39, 0.29) is 18.4 Å². The Morgan fingerprint density at radius 1 is 0.600 bits per heavy atom. The number of carbonyl (C=O) groups excluding carboxylic acids is 2. The van der Waals surface area contributed by atoms with Crippen LogP contribution in [0.5, 0.6) is 0 Å². The molecule has 0 aliphatic heterocycles. The van der Waals surface area contributed by atoms with Crippen LogP contribution in [0.3, 0.4) is 0 Å². The van der Waals surface area contributed by atoms with Crippen molar-refractivity contribution in [3.63, 3.8) is 0 Å². The maximum absolute atomic E-state index is 11.6. The number of rotatable bonds is 21. The fraction of sp³-hybridized carbons (Fsp3) is 0.704. The van der Waals surface area contributed by atoms with E-state index in [9.17, 15) is 9.59 Å². The highest BCUT2D eigenvalue weighted by Crippen LogP contribution is 2.13. The van der Waals surface area contributed by atoms with E-state index in [1.54, 1.807) is 12.2 Å². The summed E-state index contributed by atoms with van der Waals surface area (Å²) in [6.45, 7) is 3.76.